The van der Waals surface area contributed by atoms with Crippen LogP contribution in [0.2, 0.25) is 0 Å². The number of carbonyl (C=O) groups excluding carboxylic acids is 1. The molecule has 27 heavy (non-hydrogen) atoms. The Morgan fingerprint density at radius 3 is 2.19 bits per heavy atom. The number of likely N-dealkylation sites (tertiary alicyclic amines) is 1. The van der Waals surface area contributed by atoms with Gasteiger partial charge in [0.25, 0.3) is 0 Å². The van der Waals surface area contributed by atoms with Gasteiger partial charge in [-0.25, -0.2) is 18.0 Å². The predicted octanol–water partition coefficient (Wildman–Crippen LogP) is 2.86. The first-order chi connectivity index (χ1) is 12.5. The van der Waals surface area contributed by atoms with E-state index < -0.39 is 72.5 Å². The lowest BCUT2D eigenvalue weighted by Crippen LogP contribution is -2.41. The van der Waals surface area contributed by atoms with Crippen LogP contribution < -0.4 is 5.32 Å². The highest BCUT2D eigenvalue weighted by molar-refractivity contribution is 5.78. The summed E-state index contributed by atoms with van der Waals surface area (Å²) in [4.78, 5) is 23.9. The van der Waals surface area contributed by atoms with Crippen LogP contribution in [-0.4, -0.2) is 47.3 Å². The molecule has 2 aliphatic rings. The average molecular weight is 396 g/mol. The van der Waals surface area contributed by atoms with Crippen molar-refractivity contribution in [3.8, 4) is 0 Å². The van der Waals surface area contributed by atoms with Gasteiger partial charge >= 0.3 is 18.2 Å². The van der Waals surface area contributed by atoms with Crippen LogP contribution in [0.5, 0.6) is 0 Å². The Morgan fingerprint density at radius 2 is 1.70 bits per heavy atom. The van der Waals surface area contributed by atoms with Gasteiger partial charge in [0.2, 0.25) is 0 Å². The van der Waals surface area contributed by atoms with Gasteiger partial charge < -0.3 is 15.3 Å². The Balaban J connectivity index is 1.63. The van der Waals surface area contributed by atoms with Gasteiger partial charge in [0.05, 0.1) is 11.8 Å². The van der Waals surface area contributed by atoms with Gasteiger partial charge in [-0.15, -0.1) is 0 Å². The molecule has 11 heteroatoms. The van der Waals surface area contributed by atoms with Crippen LogP contribution in [0.15, 0.2) is 12.1 Å². The molecule has 1 heterocycles. The van der Waals surface area contributed by atoms with E-state index in [1.807, 2.05) is 0 Å². The summed E-state index contributed by atoms with van der Waals surface area (Å²) in [6.07, 6.45) is -4.49. The summed E-state index contributed by atoms with van der Waals surface area (Å²) in [5.41, 5.74) is 0.120. The molecule has 1 aliphatic carbocycles. The highest BCUT2D eigenvalue weighted by Crippen LogP contribution is 2.42. The molecule has 1 aromatic carbocycles. The molecule has 148 valence electrons. The van der Waals surface area contributed by atoms with Gasteiger partial charge in [-0.3, -0.25) is 4.79 Å². The monoisotopic (exact) mass is 396 g/mol. The lowest BCUT2D eigenvalue weighted by atomic mass is 9.96. The first kappa shape index (κ1) is 19.3. The third kappa shape index (κ3) is 3.81. The van der Waals surface area contributed by atoms with Gasteiger partial charge in [0.1, 0.15) is 0 Å². The highest BCUT2D eigenvalue weighted by Gasteiger charge is 2.54. The lowest BCUT2D eigenvalue weighted by Gasteiger charge is -2.18. The summed E-state index contributed by atoms with van der Waals surface area (Å²) in [7, 11) is 0. The number of halogens is 6. The molecule has 5 nitrogen and oxygen atoms in total. The Bertz CT molecular complexity index is 761. The summed E-state index contributed by atoms with van der Waals surface area (Å²) in [5.74, 6) is -10.4. The van der Waals surface area contributed by atoms with Gasteiger partial charge in [-0.2, -0.15) is 13.2 Å². The van der Waals surface area contributed by atoms with E-state index in [4.69, 9.17) is 5.11 Å². The summed E-state index contributed by atoms with van der Waals surface area (Å²) in [6.45, 7) is -1.38. The maximum absolute atomic E-state index is 13.3. The van der Waals surface area contributed by atoms with E-state index in [0.29, 0.717) is 0 Å². The zero-order chi connectivity index (χ0) is 20.1. The number of carboxylic acids is 1. The zero-order valence-electron chi connectivity index (χ0n) is 13.6. The molecule has 0 spiro atoms. The first-order valence-electron chi connectivity index (χ1n) is 7.98. The molecular formula is C16H14F6N2O3. The number of benzene rings is 1. The predicted molar refractivity (Wildman–Crippen MR) is 78.2 cm³/mol. The highest BCUT2D eigenvalue weighted by atomic mass is 19.4. The van der Waals surface area contributed by atoms with Gasteiger partial charge in [-0.05, 0) is 24.1 Å². The Morgan fingerprint density at radius 1 is 1.11 bits per heavy atom. The second-order valence-electron chi connectivity index (χ2n) is 6.69. The van der Waals surface area contributed by atoms with Crippen molar-refractivity contribution in [1.82, 2.24) is 10.2 Å². The number of urea groups is 1. The molecule has 0 bridgehead atoms. The van der Waals surface area contributed by atoms with Crippen molar-refractivity contribution in [2.45, 2.75) is 24.6 Å². The second kappa shape index (κ2) is 6.61. The number of hydrogen-bond donors (Lipinski definition) is 2. The van der Waals surface area contributed by atoms with Crippen LogP contribution in [0.25, 0.3) is 0 Å². The first-order valence-corrected chi connectivity index (χ1v) is 7.98. The molecule has 2 amide bonds. The molecule has 0 unspecified atom stereocenters. The number of carbonyl (C=O) groups is 2. The number of hydrogen-bond acceptors (Lipinski definition) is 2. The van der Waals surface area contributed by atoms with E-state index in [-0.39, 0.29) is 12.0 Å². The number of rotatable bonds is 3. The van der Waals surface area contributed by atoms with E-state index in [1.54, 1.807) is 0 Å². The van der Waals surface area contributed by atoms with Crippen LogP contribution in [0.4, 0.5) is 31.1 Å². The van der Waals surface area contributed by atoms with E-state index in [1.165, 1.54) is 0 Å². The van der Waals surface area contributed by atoms with Crippen molar-refractivity contribution < 1.29 is 41.0 Å². The maximum atomic E-state index is 13.3. The molecule has 0 radical (unpaired) electrons. The Hall–Kier alpha value is -2.46. The largest absolute Gasteiger partial charge is 0.481 e. The quantitative estimate of drug-likeness (QED) is 0.610. The molecule has 1 saturated carbocycles. The Kier molecular flexibility index (Phi) is 4.73. The van der Waals surface area contributed by atoms with Gasteiger partial charge in [-0.1, -0.05) is 0 Å². The van der Waals surface area contributed by atoms with Crippen LogP contribution >= 0.6 is 0 Å². The minimum Gasteiger partial charge on any atom is -0.481 e. The molecule has 2 N–H and O–H groups in total. The Labute approximate surface area is 148 Å². The van der Waals surface area contributed by atoms with Crippen molar-refractivity contribution in [3.05, 3.63) is 35.1 Å². The van der Waals surface area contributed by atoms with Gasteiger partial charge in [0.15, 0.2) is 17.5 Å². The number of aliphatic carboxylic acids is 1. The van der Waals surface area contributed by atoms with Crippen molar-refractivity contribution in [2.24, 2.45) is 11.8 Å². The number of amides is 2. The number of alkyl halides is 3. The van der Waals surface area contributed by atoms with Crippen molar-refractivity contribution in [3.63, 3.8) is 0 Å². The fraction of sp³-hybridized carbons (Fsp3) is 0.500. The summed E-state index contributed by atoms with van der Waals surface area (Å²) in [6, 6.07) is 0.120. The molecule has 1 saturated heterocycles. The molecule has 2 fully saturated rings. The summed E-state index contributed by atoms with van der Waals surface area (Å²) in [5, 5.41) is 11.4. The topological polar surface area (TPSA) is 69.6 Å². The molecule has 1 aliphatic heterocycles. The molecule has 3 rings (SSSR count). The maximum Gasteiger partial charge on any atom is 0.394 e. The molecule has 1 aromatic rings. The smallest absolute Gasteiger partial charge is 0.394 e. The normalized spacial score (nSPS) is 27.6. The molecular weight excluding hydrogens is 382 g/mol. The average Bonchev–Trinajstić information content (AvgIpc) is 3.15. The van der Waals surface area contributed by atoms with Gasteiger partial charge in [0, 0.05) is 25.0 Å². The standard InChI is InChI=1S/C16H14F6N2O3/c17-10-1-6(2-11(18)13(10)19)7-3-12(7)23-15(27)24-4-8(14(25)26)9(5-24)16(20,21)22/h1-2,7-9,12H,3-5H2,(H,23,27)(H,25,26)/t7-,8+,9+,12+/m0/s1. The SMILES string of the molecule is O=C(O)[C@@H]1CN(C(=O)N[C@@H]2C[C@H]2c2cc(F)c(F)c(F)c2)C[C@H]1C(F)(F)F. The van der Waals surface area contributed by atoms with Crippen molar-refractivity contribution >= 4 is 12.0 Å². The third-order valence-corrected chi connectivity index (χ3v) is 4.88. The summed E-state index contributed by atoms with van der Waals surface area (Å²) < 4.78 is 78.4. The molecule has 0 aromatic heterocycles. The second-order valence-corrected chi connectivity index (χ2v) is 6.69. The molecule has 4 atom stereocenters. The minimum atomic E-state index is -4.76. The van der Waals surface area contributed by atoms with Crippen LogP contribution in [0.3, 0.4) is 0 Å². The van der Waals surface area contributed by atoms with Crippen molar-refractivity contribution in [2.75, 3.05) is 13.1 Å². The van der Waals surface area contributed by atoms with E-state index in [0.717, 1.165) is 17.0 Å². The van der Waals surface area contributed by atoms with Crippen LogP contribution in [-0.2, 0) is 4.79 Å². The van der Waals surface area contributed by atoms with Crippen LogP contribution in [0.1, 0.15) is 17.9 Å². The third-order valence-electron chi connectivity index (χ3n) is 4.88. The number of carboxylic acid groups (broad SMARTS) is 1. The summed E-state index contributed by atoms with van der Waals surface area (Å²) >= 11 is 0. The van der Waals surface area contributed by atoms with Crippen molar-refractivity contribution in [1.29, 1.82) is 0 Å². The number of nitrogens with one attached hydrogen (secondary N) is 1. The van der Waals surface area contributed by atoms with Crippen LogP contribution in [0, 0.1) is 29.3 Å². The minimum absolute atomic E-state index is 0.120. The van der Waals surface area contributed by atoms with E-state index in [2.05, 4.69) is 5.32 Å². The number of nitrogens with zero attached hydrogens (tertiary/aromatic N) is 1. The zero-order valence-corrected chi connectivity index (χ0v) is 13.6. The lowest BCUT2D eigenvalue weighted by molar-refractivity contribution is -0.187. The van der Waals surface area contributed by atoms with E-state index >= 15 is 0 Å². The van der Waals surface area contributed by atoms with E-state index in [9.17, 15) is 35.9 Å². The fourth-order valence-electron chi connectivity index (χ4n) is 3.31. The fourth-order valence-corrected chi connectivity index (χ4v) is 3.31.